The molecular weight excluding hydrogens is 252 g/mol. The lowest BCUT2D eigenvalue weighted by Crippen LogP contribution is -2.28. The number of nitrogens with zero attached hydrogens (tertiary/aromatic N) is 1. The second-order valence-corrected chi connectivity index (χ2v) is 5.04. The van der Waals surface area contributed by atoms with Crippen LogP contribution in [0.25, 0.3) is 0 Å². The van der Waals surface area contributed by atoms with E-state index in [0.717, 1.165) is 17.0 Å². The van der Waals surface area contributed by atoms with Gasteiger partial charge in [-0.15, -0.1) is 0 Å². The van der Waals surface area contributed by atoms with E-state index in [1.807, 2.05) is 32.0 Å². The van der Waals surface area contributed by atoms with Crippen molar-refractivity contribution < 1.29 is 9.26 Å². The minimum absolute atomic E-state index is 0.143. The summed E-state index contributed by atoms with van der Waals surface area (Å²) in [4.78, 5) is 0. The molecule has 0 saturated carbocycles. The van der Waals surface area contributed by atoms with Crippen LogP contribution in [-0.4, -0.2) is 18.9 Å². The van der Waals surface area contributed by atoms with Gasteiger partial charge in [-0.2, -0.15) is 0 Å². The minimum atomic E-state index is 0.143. The first-order valence-electron chi connectivity index (χ1n) is 6.86. The van der Waals surface area contributed by atoms with Gasteiger partial charge in [-0.25, -0.2) is 0 Å². The number of aromatic nitrogens is 1. The maximum Gasteiger partial charge on any atom is 0.138 e. The molecule has 0 saturated heterocycles. The number of rotatable bonds is 6. The Balaban J connectivity index is 2.16. The minimum Gasteiger partial charge on any atom is -0.383 e. The van der Waals surface area contributed by atoms with Crippen molar-refractivity contribution in [3.8, 4) is 0 Å². The van der Waals surface area contributed by atoms with Crippen molar-refractivity contribution in [2.45, 2.75) is 32.9 Å². The molecule has 1 heterocycles. The Labute approximate surface area is 120 Å². The van der Waals surface area contributed by atoms with Gasteiger partial charge in [0.2, 0.25) is 0 Å². The molecule has 2 unspecified atom stereocenters. The number of methoxy groups -OCH3 is 1. The molecule has 0 fully saturated rings. The topological polar surface area (TPSA) is 47.3 Å². The summed E-state index contributed by atoms with van der Waals surface area (Å²) in [5.41, 5.74) is 3.28. The van der Waals surface area contributed by atoms with Crippen molar-refractivity contribution in [2.75, 3.05) is 13.7 Å². The van der Waals surface area contributed by atoms with Crippen molar-refractivity contribution in [1.82, 2.24) is 10.5 Å². The highest BCUT2D eigenvalue weighted by Crippen LogP contribution is 2.24. The summed E-state index contributed by atoms with van der Waals surface area (Å²) in [6.07, 6.45) is 0. The fraction of sp³-hybridized carbons (Fsp3) is 0.438. The second kappa shape index (κ2) is 6.68. The zero-order valence-corrected chi connectivity index (χ0v) is 12.5. The van der Waals surface area contributed by atoms with E-state index in [9.17, 15) is 0 Å². The fourth-order valence-corrected chi connectivity index (χ4v) is 2.59. The highest BCUT2D eigenvalue weighted by atomic mass is 16.5. The van der Waals surface area contributed by atoms with Gasteiger partial charge in [-0.3, -0.25) is 0 Å². The standard InChI is InChI=1S/C16H22N2O2/c1-11(16-12(2)18-20-13(16)3)17-15(10-19-4)14-8-6-5-7-9-14/h5-9,11,15,17H,10H2,1-4H3. The molecule has 0 bridgehead atoms. The van der Waals surface area contributed by atoms with Gasteiger partial charge in [0.1, 0.15) is 5.76 Å². The van der Waals surface area contributed by atoms with Crippen molar-refractivity contribution in [1.29, 1.82) is 0 Å². The summed E-state index contributed by atoms with van der Waals surface area (Å²) in [5.74, 6) is 0.867. The van der Waals surface area contributed by atoms with E-state index in [0.29, 0.717) is 6.61 Å². The zero-order valence-electron chi connectivity index (χ0n) is 12.5. The Morgan fingerprint density at radius 3 is 2.50 bits per heavy atom. The van der Waals surface area contributed by atoms with Crippen molar-refractivity contribution in [3.05, 3.63) is 52.9 Å². The highest BCUT2D eigenvalue weighted by molar-refractivity contribution is 5.26. The Kier molecular flexibility index (Phi) is 4.93. The summed E-state index contributed by atoms with van der Waals surface area (Å²) in [6, 6.07) is 10.6. The Bertz CT molecular complexity index is 517. The van der Waals surface area contributed by atoms with Crippen molar-refractivity contribution in [2.24, 2.45) is 0 Å². The number of hydrogen-bond acceptors (Lipinski definition) is 4. The molecule has 0 aliphatic carbocycles. The van der Waals surface area contributed by atoms with Gasteiger partial charge >= 0.3 is 0 Å². The van der Waals surface area contributed by atoms with Crippen LogP contribution < -0.4 is 5.32 Å². The van der Waals surface area contributed by atoms with Crippen LogP contribution in [0.2, 0.25) is 0 Å². The third-order valence-electron chi connectivity index (χ3n) is 3.51. The van der Waals surface area contributed by atoms with Crippen LogP contribution in [0.15, 0.2) is 34.9 Å². The maximum atomic E-state index is 5.34. The number of nitrogens with one attached hydrogen (secondary N) is 1. The zero-order chi connectivity index (χ0) is 14.5. The quantitative estimate of drug-likeness (QED) is 0.877. The SMILES string of the molecule is COCC(NC(C)c1c(C)noc1C)c1ccccc1. The van der Waals surface area contributed by atoms with Crippen molar-refractivity contribution in [3.63, 3.8) is 0 Å². The Morgan fingerprint density at radius 1 is 1.25 bits per heavy atom. The average Bonchev–Trinajstić information content (AvgIpc) is 2.78. The molecule has 2 rings (SSSR count). The van der Waals surface area contributed by atoms with E-state index in [1.54, 1.807) is 7.11 Å². The van der Waals surface area contributed by atoms with Crippen LogP contribution in [0.5, 0.6) is 0 Å². The summed E-state index contributed by atoms with van der Waals surface area (Å²) in [7, 11) is 1.72. The van der Waals surface area contributed by atoms with E-state index >= 15 is 0 Å². The van der Waals surface area contributed by atoms with Crippen LogP contribution in [-0.2, 0) is 4.74 Å². The van der Waals surface area contributed by atoms with Gasteiger partial charge in [0.25, 0.3) is 0 Å². The van der Waals surface area contributed by atoms with Crippen LogP contribution in [0.4, 0.5) is 0 Å². The number of aryl methyl sites for hydroxylation is 2. The largest absolute Gasteiger partial charge is 0.383 e. The van der Waals surface area contributed by atoms with Gasteiger partial charge in [0, 0.05) is 18.7 Å². The number of hydrogen-bond donors (Lipinski definition) is 1. The van der Waals surface area contributed by atoms with Crippen LogP contribution in [0.3, 0.4) is 0 Å². The summed E-state index contributed by atoms with van der Waals surface area (Å²) in [6.45, 7) is 6.66. The molecule has 0 aliphatic heterocycles. The van der Waals surface area contributed by atoms with E-state index in [4.69, 9.17) is 9.26 Å². The Morgan fingerprint density at radius 2 is 1.95 bits per heavy atom. The molecule has 108 valence electrons. The molecule has 0 aliphatic rings. The molecule has 2 atom stereocenters. The second-order valence-electron chi connectivity index (χ2n) is 5.04. The fourth-order valence-electron chi connectivity index (χ4n) is 2.59. The normalized spacial score (nSPS) is 14.2. The van der Waals surface area contributed by atoms with Crippen LogP contribution in [0, 0.1) is 13.8 Å². The molecule has 1 aromatic carbocycles. The van der Waals surface area contributed by atoms with Gasteiger partial charge in [0.15, 0.2) is 0 Å². The molecule has 1 N–H and O–H groups in total. The summed E-state index contributed by atoms with van der Waals surface area (Å²) in [5, 5.41) is 7.61. The summed E-state index contributed by atoms with van der Waals surface area (Å²) >= 11 is 0. The lowest BCUT2D eigenvalue weighted by atomic mass is 10.0. The van der Waals surface area contributed by atoms with E-state index in [1.165, 1.54) is 5.56 Å². The maximum absolute atomic E-state index is 5.34. The highest BCUT2D eigenvalue weighted by Gasteiger charge is 2.20. The summed E-state index contributed by atoms with van der Waals surface area (Å²) < 4.78 is 10.6. The predicted octanol–water partition coefficient (Wildman–Crippen LogP) is 3.33. The average molecular weight is 274 g/mol. The first kappa shape index (κ1) is 14.8. The van der Waals surface area contributed by atoms with E-state index in [2.05, 4.69) is 29.5 Å². The number of benzene rings is 1. The van der Waals surface area contributed by atoms with Gasteiger partial charge in [-0.05, 0) is 26.3 Å². The van der Waals surface area contributed by atoms with Gasteiger partial charge < -0.3 is 14.6 Å². The molecule has 4 heteroatoms. The Hall–Kier alpha value is -1.65. The molecule has 1 aromatic heterocycles. The van der Waals surface area contributed by atoms with Gasteiger partial charge in [0.05, 0.1) is 18.3 Å². The van der Waals surface area contributed by atoms with Gasteiger partial charge in [-0.1, -0.05) is 35.5 Å². The molecule has 4 nitrogen and oxygen atoms in total. The molecular formula is C16H22N2O2. The van der Waals surface area contributed by atoms with E-state index in [-0.39, 0.29) is 12.1 Å². The van der Waals surface area contributed by atoms with Crippen LogP contribution >= 0.6 is 0 Å². The molecule has 0 amide bonds. The lowest BCUT2D eigenvalue weighted by molar-refractivity contribution is 0.162. The molecule has 2 aromatic rings. The smallest absolute Gasteiger partial charge is 0.138 e. The predicted molar refractivity (Wildman–Crippen MR) is 78.6 cm³/mol. The first-order valence-corrected chi connectivity index (χ1v) is 6.86. The monoisotopic (exact) mass is 274 g/mol. The first-order chi connectivity index (χ1) is 9.63. The molecule has 0 radical (unpaired) electrons. The van der Waals surface area contributed by atoms with Crippen LogP contribution in [0.1, 0.15) is 41.6 Å². The lowest BCUT2D eigenvalue weighted by Gasteiger charge is -2.23. The number of ether oxygens (including phenoxy) is 1. The van der Waals surface area contributed by atoms with E-state index < -0.39 is 0 Å². The third kappa shape index (κ3) is 3.26. The molecule has 0 spiro atoms. The van der Waals surface area contributed by atoms with Crippen molar-refractivity contribution >= 4 is 0 Å². The molecule has 20 heavy (non-hydrogen) atoms. The third-order valence-corrected chi connectivity index (χ3v) is 3.51.